The smallest absolute Gasteiger partial charge is 0.260 e. The van der Waals surface area contributed by atoms with Crippen molar-refractivity contribution in [1.29, 1.82) is 0 Å². The second kappa shape index (κ2) is 7.70. The maximum absolute atomic E-state index is 12.9. The van der Waals surface area contributed by atoms with E-state index in [0.29, 0.717) is 39.8 Å². The minimum absolute atomic E-state index is 0.177. The van der Waals surface area contributed by atoms with Crippen molar-refractivity contribution in [3.8, 4) is 23.2 Å². The van der Waals surface area contributed by atoms with E-state index in [1.807, 2.05) is 0 Å². The predicted octanol–water partition coefficient (Wildman–Crippen LogP) is 3.09. The van der Waals surface area contributed by atoms with Gasteiger partial charge in [0.15, 0.2) is 5.76 Å². The summed E-state index contributed by atoms with van der Waals surface area (Å²) < 4.78 is 12.0. The number of methoxy groups -OCH3 is 1. The molecular formula is C21H19N5O4. The van der Waals surface area contributed by atoms with Crippen molar-refractivity contribution < 1.29 is 13.9 Å². The molecule has 3 heterocycles. The lowest BCUT2D eigenvalue weighted by Crippen LogP contribution is -2.21. The van der Waals surface area contributed by atoms with Crippen LogP contribution in [-0.2, 0) is 0 Å². The van der Waals surface area contributed by atoms with Crippen LogP contribution in [0.1, 0.15) is 21.6 Å². The molecule has 30 heavy (non-hydrogen) atoms. The SMILES string of the molecule is COc1ccccc1C(=O)Nc1cc(-c2ccco2)nn1-c1nc(C)c(C)c(=O)[nH]1. The molecule has 0 atom stereocenters. The number of anilines is 1. The van der Waals surface area contributed by atoms with Crippen molar-refractivity contribution in [2.45, 2.75) is 13.8 Å². The van der Waals surface area contributed by atoms with E-state index in [2.05, 4.69) is 20.4 Å². The lowest BCUT2D eigenvalue weighted by molar-refractivity contribution is 0.102. The van der Waals surface area contributed by atoms with Crippen molar-refractivity contribution in [3.63, 3.8) is 0 Å². The number of aromatic nitrogens is 4. The van der Waals surface area contributed by atoms with E-state index in [1.165, 1.54) is 18.1 Å². The highest BCUT2D eigenvalue weighted by atomic mass is 16.5. The molecule has 0 aliphatic heterocycles. The first-order valence-electron chi connectivity index (χ1n) is 9.14. The number of furan rings is 1. The van der Waals surface area contributed by atoms with Crippen molar-refractivity contribution in [3.05, 3.63) is 75.9 Å². The molecule has 4 aromatic rings. The molecule has 9 nitrogen and oxygen atoms in total. The normalized spacial score (nSPS) is 10.8. The van der Waals surface area contributed by atoms with Gasteiger partial charge in [-0.15, -0.1) is 0 Å². The van der Waals surface area contributed by atoms with Crippen molar-refractivity contribution in [2.75, 3.05) is 12.4 Å². The minimum atomic E-state index is -0.397. The maximum atomic E-state index is 12.9. The topological polar surface area (TPSA) is 115 Å². The molecule has 0 unspecified atom stereocenters. The van der Waals surface area contributed by atoms with E-state index in [1.54, 1.807) is 56.3 Å². The number of hydrogen-bond donors (Lipinski definition) is 2. The minimum Gasteiger partial charge on any atom is -0.496 e. The molecule has 0 aliphatic carbocycles. The van der Waals surface area contributed by atoms with Gasteiger partial charge in [-0.1, -0.05) is 12.1 Å². The van der Waals surface area contributed by atoms with E-state index in [-0.39, 0.29) is 11.5 Å². The van der Waals surface area contributed by atoms with Gasteiger partial charge < -0.3 is 14.5 Å². The molecule has 3 aromatic heterocycles. The molecule has 1 aromatic carbocycles. The molecule has 0 saturated carbocycles. The lowest BCUT2D eigenvalue weighted by atomic mass is 10.2. The number of carbonyl (C=O) groups is 1. The standard InChI is InChI=1S/C21H19N5O4/c1-12-13(2)22-21(24-19(12)27)26-18(11-15(25-26)17-9-6-10-30-17)23-20(28)14-7-4-5-8-16(14)29-3/h4-11H,1-3H3,(H,23,28)(H,22,24,27). The predicted molar refractivity (Wildman–Crippen MR) is 110 cm³/mol. The van der Waals surface area contributed by atoms with Crippen LogP contribution in [0, 0.1) is 13.8 Å². The summed E-state index contributed by atoms with van der Waals surface area (Å²) >= 11 is 0. The first kappa shape index (κ1) is 19.2. The average molecular weight is 405 g/mol. The number of benzene rings is 1. The Morgan fingerprint density at radius 3 is 2.70 bits per heavy atom. The molecule has 9 heteroatoms. The molecular weight excluding hydrogens is 386 g/mol. The van der Waals surface area contributed by atoms with Crippen LogP contribution in [0.15, 0.2) is 57.9 Å². The Kier molecular flexibility index (Phi) is 4.93. The number of nitrogens with zero attached hydrogens (tertiary/aromatic N) is 3. The number of carbonyl (C=O) groups excluding carboxylic acids is 1. The monoisotopic (exact) mass is 405 g/mol. The van der Waals surface area contributed by atoms with Crippen LogP contribution >= 0.6 is 0 Å². The van der Waals surface area contributed by atoms with Crippen LogP contribution in [0.4, 0.5) is 5.82 Å². The summed E-state index contributed by atoms with van der Waals surface area (Å²) in [5, 5.41) is 7.28. The molecule has 1 amide bonds. The molecule has 0 spiro atoms. The Hall–Kier alpha value is -4.14. The van der Waals surface area contributed by atoms with Gasteiger partial charge in [0.1, 0.15) is 17.3 Å². The number of rotatable bonds is 5. The number of amides is 1. The molecule has 0 fully saturated rings. The van der Waals surface area contributed by atoms with E-state index in [0.717, 1.165) is 0 Å². The highest BCUT2D eigenvalue weighted by Crippen LogP contribution is 2.25. The number of hydrogen-bond acceptors (Lipinski definition) is 6. The molecule has 152 valence electrons. The van der Waals surface area contributed by atoms with Crippen LogP contribution in [0.2, 0.25) is 0 Å². The third kappa shape index (κ3) is 3.48. The molecule has 0 aliphatic rings. The number of ether oxygens (including phenoxy) is 1. The van der Waals surface area contributed by atoms with Gasteiger partial charge in [0.2, 0.25) is 5.95 Å². The molecule has 4 rings (SSSR count). The molecule has 2 N–H and O–H groups in total. The number of H-pyrrole nitrogens is 1. The Balaban J connectivity index is 1.80. The maximum Gasteiger partial charge on any atom is 0.260 e. The van der Waals surface area contributed by atoms with E-state index in [4.69, 9.17) is 9.15 Å². The highest BCUT2D eigenvalue weighted by molar-refractivity contribution is 6.06. The Labute approximate surface area is 171 Å². The zero-order chi connectivity index (χ0) is 21.3. The first-order chi connectivity index (χ1) is 14.5. The van der Waals surface area contributed by atoms with Gasteiger partial charge in [-0.2, -0.15) is 9.78 Å². The van der Waals surface area contributed by atoms with Crippen molar-refractivity contribution in [2.24, 2.45) is 0 Å². The van der Waals surface area contributed by atoms with Crippen LogP contribution in [0.5, 0.6) is 5.75 Å². The lowest BCUT2D eigenvalue weighted by Gasteiger charge is -2.11. The summed E-state index contributed by atoms with van der Waals surface area (Å²) in [4.78, 5) is 32.3. The third-order valence-electron chi connectivity index (χ3n) is 4.66. The Bertz CT molecular complexity index is 1270. The van der Waals surface area contributed by atoms with E-state index in [9.17, 15) is 9.59 Å². The van der Waals surface area contributed by atoms with Gasteiger partial charge >= 0.3 is 0 Å². The Morgan fingerprint density at radius 2 is 2.00 bits per heavy atom. The summed E-state index contributed by atoms with van der Waals surface area (Å²) in [5.74, 6) is 1.03. The van der Waals surface area contributed by atoms with Crippen LogP contribution < -0.4 is 15.6 Å². The van der Waals surface area contributed by atoms with Crippen LogP contribution in [-0.4, -0.2) is 32.8 Å². The third-order valence-corrected chi connectivity index (χ3v) is 4.66. The van der Waals surface area contributed by atoms with Gasteiger partial charge in [-0.25, -0.2) is 4.98 Å². The average Bonchev–Trinajstić information content (AvgIpc) is 3.41. The van der Waals surface area contributed by atoms with Gasteiger partial charge in [-0.05, 0) is 38.1 Å². The number of aromatic amines is 1. The molecule has 0 radical (unpaired) electrons. The van der Waals surface area contributed by atoms with Gasteiger partial charge in [0.05, 0.1) is 18.9 Å². The second-order valence-electron chi connectivity index (χ2n) is 6.56. The summed E-state index contributed by atoms with van der Waals surface area (Å²) in [5.41, 5.74) is 1.61. The number of aryl methyl sites for hydroxylation is 1. The fourth-order valence-corrected chi connectivity index (χ4v) is 2.92. The van der Waals surface area contributed by atoms with E-state index < -0.39 is 5.91 Å². The summed E-state index contributed by atoms with van der Waals surface area (Å²) in [6.45, 7) is 3.42. The van der Waals surface area contributed by atoms with Gasteiger partial charge in [-0.3, -0.25) is 14.6 Å². The zero-order valence-electron chi connectivity index (χ0n) is 16.6. The van der Waals surface area contributed by atoms with Crippen LogP contribution in [0.25, 0.3) is 17.4 Å². The number of nitrogens with one attached hydrogen (secondary N) is 2. The second-order valence-corrected chi connectivity index (χ2v) is 6.56. The quantitative estimate of drug-likeness (QED) is 0.527. The molecule has 0 bridgehead atoms. The van der Waals surface area contributed by atoms with Crippen LogP contribution in [0.3, 0.4) is 0 Å². The first-order valence-corrected chi connectivity index (χ1v) is 9.14. The van der Waals surface area contributed by atoms with Crippen molar-refractivity contribution >= 4 is 11.7 Å². The summed E-state index contributed by atoms with van der Waals surface area (Å²) in [6.07, 6.45) is 1.53. The fraction of sp³-hybridized carbons (Fsp3) is 0.143. The van der Waals surface area contributed by atoms with Gasteiger partial charge in [0.25, 0.3) is 11.5 Å². The van der Waals surface area contributed by atoms with E-state index >= 15 is 0 Å². The number of para-hydroxylation sites is 1. The fourth-order valence-electron chi connectivity index (χ4n) is 2.92. The summed E-state index contributed by atoms with van der Waals surface area (Å²) in [6, 6.07) is 12.0. The molecule has 0 saturated heterocycles. The largest absolute Gasteiger partial charge is 0.496 e. The summed E-state index contributed by atoms with van der Waals surface area (Å²) in [7, 11) is 1.50. The highest BCUT2D eigenvalue weighted by Gasteiger charge is 2.19. The zero-order valence-corrected chi connectivity index (χ0v) is 16.6. The van der Waals surface area contributed by atoms with Gasteiger partial charge in [0, 0.05) is 17.3 Å². The Morgan fingerprint density at radius 1 is 1.20 bits per heavy atom. The van der Waals surface area contributed by atoms with Crippen molar-refractivity contribution in [1.82, 2.24) is 19.7 Å².